The molecule has 0 unspecified atom stereocenters. The van der Waals surface area contributed by atoms with Gasteiger partial charge >= 0.3 is 0 Å². The fourth-order valence-electron chi connectivity index (χ4n) is 5.55. The second kappa shape index (κ2) is 18.2. The van der Waals surface area contributed by atoms with Crippen molar-refractivity contribution < 1.29 is 24.0 Å². The highest BCUT2D eigenvalue weighted by Gasteiger charge is 2.20. The number of benzene rings is 1. The number of aryl methyl sites for hydroxylation is 3. The minimum atomic E-state index is -0.670. The maximum Gasteiger partial charge on any atom is 0.293 e. The van der Waals surface area contributed by atoms with Gasteiger partial charge in [0.15, 0.2) is 0 Å². The lowest BCUT2D eigenvalue weighted by atomic mass is 10.2. The van der Waals surface area contributed by atoms with Crippen molar-refractivity contribution in [3.8, 4) is 0 Å². The number of nitrogens with one attached hydrogen (secondary N) is 7. The second-order valence-electron chi connectivity index (χ2n) is 12.4. The first-order chi connectivity index (χ1) is 26.8. The fourth-order valence-corrected chi connectivity index (χ4v) is 5.96. The summed E-state index contributed by atoms with van der Waals surface area (Å²) in [5.41, 5.74) is 8.25. The molecule has 0 fully saturated rings. The van der Waals surface area contributed by atoms with Crippen LogP contribution in [0, 0.1) is 5.41 Å². The predicted octanol–water partition coefficient (Wildman–Crippen LogP) is 3.17. The Morgan fingerprint density at radius 2 is 1.21 bits per heavy atom. The number of carbonyl (C=O) groups excluding carboxylic acids is 5. The molecule has 0 atom stereocenters. The van der Waals surface area contributed by atoms with E-state index in [1.807, 2.05) is 4.90 Å². The molecule has 0 saturated heterocycles. The number of carbonyl (C=O) groups is 5. The molecule has 0 aliphatic rings. The normalized spacial score (nSPS) is 10.8. The molecular weight excluding hydrogens is 767 g/mol. The van der Waals surface area contributed by atoms with Crippen molar-refractivity contribution in [2.24, 2.45) is 26.9 Å². The highest BCUT2D eigenvalue weighted by atomic mass is 35.5. The second-order valence-corrected chi connectivity index (χ2v) is 13.2. The van der Waals surface area contributed by atoms with Gasteiger partial charge in [0.2, 0.25) is 11.8 Å². The molecule has 21 heteroatoms. The third-order valence-electron chi connectivity index (χ3n) is 8.30. The topological polar surface area (TPSA) is 255 Å². The molecule has 9 N–H and O–H groups in total. The summed E-state index contributed by atoms with van der Waals surface area (Å²) in [4.78, 5) is 70.7. The van der Waals surface area contributed by atoms with Crippen LogP contribution in [0.5, 0.6) is 0 Å². The van der Waals surface area contributed by atoms with Gasteiger partial charge in [0.1, 0.15) is 17.1 Å². The van der Waals surface area contributed by atoms with Gasteiger partial charge in [-0.3, -0.25) is 39.8 Å². The van der Waals surface area contributed by atoms with Crippen LogP contribution in [0.4, 0.5) is 28.7 Å². The van der Waals surface area contributed by atoms with Crippen LogP contribution in [0.3, 0.4) is 0 Å². The van der Waals surface area contributed by atoms with Gasteiger partial charge in [-0.15, -0.1) is 28.3 Å². The highest BCUT2D eigenvalue weighted by Crippen LogP contribution is 2.21. The molecule has 0 aliphatic carbocycles. The lowest BCUT2D eigenvalue weighted by Crippen LogP contribution is -2.28. The number of halogens is 2. The van der Waals surface area contributed by atoms with E-state index in [1.54, 1.807) is 62.4 Å². The number of rotatable bonds is 17. The van der Waals surface area contributed by atoms with Crippen LogP contribution in [-0.2, 0) is 21.1 Å². The largest absolute Gasteiger partial charge is 0.388 e. The van der Waals surface area contributed by atoms with Gasteiger partial charge in [-0.1, -0.05) is 0 Å². The summed E-state index contributed by atoms with van der Waals surface area (Å²) in [6, 6.07) is 11.3. The van der Waals surface area contributed by atoms with Crippen molar-refractivity contribution in [1.29, 1.82) is 5.41 Å². The lowest BCUT2D eigenvalue weighted by molar-refractivity contribution is 0.0944. The third kappa shape index (κ3) is 10.1. The molecule has 4 heterocycles. The number of aromatic amines is 1. The van der Waals surface area contributed by atoms with E-state index in [4.69, 9.17) is 34.3 Å². The Bertz CT molecular complexity index is 2250. The van der Waals surface area contributed by atoms with Gasteiger partial charge in [0, 0.05) is 88.8 Å². The molecule has 0 spiro atoms. The monoisotopic (exact) mass is 806 g/mol. The van der Waals surface area contributed by atoms with Crippen LogP contribution >= 0.6 is 23.2 Å². The minimum absolute atomic E-state index is 0.0431. The minimum Gasteiger partial charge on any atom is -0.388 e. The number of amides is 5. The zero-order valence-corrected chi connectivity index (χ0v) is 32.1. The number of amidine groups is 1. The molecule has 0 radical (unpaired) electrons. The molecular formula is C35H40Cl2N14O5. The van der Waals surface area contributed by atoms with Gasteiger partial charge in [-0.05, 0) is 42.5 Å². The Morgan fingerprint density at radius 3 is 1.70 bits per heavy atom. The Labute approximate surface area is 330 Å². The molecule has 4 aromatic heterocycles. The van der Waals surface area contributed by atoms with Crippen LogP contribution in [0.15, 0.2) is 61.1 Å². The number of nitrogens with two attached hydrogens (primary N) is 1. The number of hydrogen-bond donors (Lipinski definition) is 8. The Morgan fingerprint density at radius 1 is 0.732 bits per heavy atom. The standard InChI is InChI=1S/C35H40Cl2N14O5/c1-48-17-21(14-25(48)31(53)40-11-8-28(38)39)41-32(54)26-15-22(18-49(26)2)42-33(55)27-16-23(19-50(27)3)43-34(56)29-44-35(47-46-29)45-30(52)20-4-6-24(7-5-20)51(12-9-36)13-10-37/h4-7,14-19H,8-13H2,1-3H3,(H3,38,39)(H,40,53)(H,41,54)(H,42,55)(H,43,56)(H2,44,45,46,47,52). The van der Waals surface area contributed by atoms with Crippen molar-refractivity contribution in [3.05, 3.63) is 89.5 Å². The van der Waals surface area contributed by atoms with Gasteiger partial charge in [-0.2, -0.15) is 4.98 Å². The van der Waals surface area contributed by atoms with Gasteiger partial charge in [0.05, 0.1) is 22.9 Å². The summed E-state index contributed by atoms with van der Waals surface area (Å²) < 4.78 is 4.59. The van der Waals surface area contributed by atoms with E-state index in [9.17, 15) is 24.0 Å². The van der Waals surface area contributed by atoms with E-state index in [1.165, 1.54) is 33.5 Å². The molecule has 0 aliphatic heterocycles. The number of aromatic nitrogens is 6. The number of anilines is 5. The average molecular weight is 808 g/mol. The summed E-state index contributed by atoms with van der Waals surface area (Å²) >= 11 is 11.8. The smallest absolute Gasteiger partial charge is 0.293 e. The van der Waals surface area contributed by atoms with Gasteiger partial charge in [-0.25, -0.2) is 0 Å². The maximum absolute atomic E-state index is 13.2. The summed E-state index contributed by atoms with van der Waals surface area (Å²) in [6.07, 6.45) is 4.88. The van der Waals surface area contributed by atoms with Crippen molar-refractivity contribution in [2.75, 3.05) is 57.6 Å². The highest BCUT2D eigenvalue weighted by molar-refractivity contribution is 6.18. The van der Waals surface area contributed by atoms with E-state index in [0.29, 0.717) is 47.5 Å². The first-order valence-electron chi connectivity index (χ1n) is 17.0. The first-order valence-corrected chi connectivity index (χ1v) is 18.1. The molecule has 1 aromatic carbocycles. The number of H-pyrrole nitrogens is 1. The van der Waals surface area contributed by atoms with E-state index < -0.39 is 23.6 Å². The van der Waals surface area contributed by atoms with E-state index in [-0.39, 0.29) is 53.6 Å². The maximum atomic E-state index is 13.2. The zero-order chi connectivity index (χ0) is 40.5. The van der Waals surface area contributed by atoms with Crippen molar-refractivity contribution in [1.82, 2.24) is 34.2 Å². The molecule has 294 valence electrons. The Balaban J connectivity index is 1.15. The fraction of sp³-hybridized carbons (Fsp3) is 0.257. The summed E-state index contributed by atoms with van der Waals surface area (Å²) in [5, 5.41) is 27.1. The van der Waals surface area contributed by atoms with E-state index in [0.717, 1.165) is 5.69 Å². The van der Waals surface area contributed by atoms with Crippen molar-refractivity contribution in [2.45, 2.75) is 6.42 Å². The quantitative estimate of drug-likeness (QED) is 0.0390. The number of alkyl halides is 2. The third-order valence-corrected chi connectivity index (χ3v) is 8.63. The van der Waals surface area contributed by atoms with E-state index in [2.05, 4.69) is 41.8 Å². The summed E-state index contributed by atoms with van der Waals surface area (Å²) in [5.74, 6) is -2.03. The first kappa shape index (κ1) is 40.6. The molecule has 0 saturated carbocycles. The summed E-state index contributed by atoms with van der Waals surface area (Å²) in [6.45, 7) is 1.41. The van der Waals surface area contributed by atoms with Crippen LogP contribution in [-0.4, -0.2) is 95.6 Å². The molecule has 0 bridgehead atoms. The Kier molecular flexibility index (Phi) is 13.2. The number of hydrogen-bond acceptors (Lipinski definition) is 9. The predicted molar refractivity (Wildman–Crippen MR) is 213 cm³/mol. The Hall–Kier alpha value is -6.60. The molecule has 5 rings (SSSR count). The van der Waals surface area contributed by atoms with Crippen molar-refractivity contribution >= 4 is 87.3 Å². The van der Waals surface area contributed by atoms with E-state index >= 15 is 0 Å². The SMILES string of the molecule is Cn1cc(NC(=O)c2cc(NC(=O)c3cc(NC(=O)c4nc(NC(=O)c5ccc(N(CCCl)CCCl)cc5)n[nH]4)cn3C)cn2C)cc1C(=O)NCCC(=N)N. The van der Waals surface area contributed by atoms with Crippen LogP contribution in [0.1, 0.15) is 58.9 Å². The van der Waals surface area contributed by atoms with Crippen molar-refractivity contribution in [3.63, 3.8) is 0 Å². The average Bonchev–Trinajstić information content (AvgIpc) is 3.94. The zero-order valence-electron chi connectivity index (χ0n) is 30.6. The lowest BCUT2D eigenvalue weighted by Gasteiger charge is -2.22. The molecule has 5 amide bonds. The number of nitrogens with zero attached hydrogens (tertiary/aromatic N) is 6. The summed E-state index contributed by atoms with van der Waals surface area (Å²) in [7, 11) is 4.91. The van der Waals surface area contributed by atoms with Gasteiger partial charge < -0.3 is 45.6 Å². The van der Waals surface area contributed by atoms with Gasteiger partial charge in [0.25, 0.3) is 29.5 Å². The van der Waals surface area contributed by atoms with Crippen LogP contribution < -0.4 is 37.2 Å². The van der Waals surface area contributed by atoms with Crippen LogP contribution in [0.2, 0.25) is 0 Å². The van der Waals surface area contributed by atoms with Crippen LogP contribution in [0.25, 0.3) is 0 Å². The molecule has 5 aromatic rings. The molecule has 56 heavy (non-hydrogen) atoms. The molecule has 19 nitrogen and oxygen atoms in total.